The van der Waals surface area contributed by atoms with Crippen LogP contribution in [0.3, 0.4) is 0 Å². The molecule has 2 aromatic rings. The number of carbonyl (C=O) groups excluding carboxylic acids is 1. The molecule has 17 heavy (non-hydrogen) atoms. The highest BCUT2D eigenvalue weighted by Gasteiger charge is 2.06. The summed E-state index contributed by atoms with van der Waals surface area (Å²) in [6, 6.07) is 3.20. The highest BCUT2D eigenvalue weighted by atomic mass is 32.1. The maximum atomic E-state index is 11.7. The molecule has 3 N–H and O–H groups in total. The third kappa shape index (κ3) is 3.25. The van der Waals surface area contributed by atoms with E-state index in [1.807, 2.05) is 5.38 Å². The van der Waals surface area contributed by atoms with Crippen LogP contribution < -0.4 is 11.1 Å². The van der Waals surface area contributed by atoms with Crippen molar-refractivity contribution < 1.29 is 4.79 Å². The molecule has 0 fully saturated rings. The van der Waals surface area contributed by atoms with Crippen LogP contribution in [0.1, 0.15) is 15.5 Å². The fourth-order valence-corrected chi connectivity index (χ4v) is 1.94. The van der Waals surface area contributed by atoms with Crippen LogP contribution in [0.4, 0.5) is 5.69 Å². The summed E-state index contributed by atoms with van der Waals surface area (Å²) in [5.74, 6) is -0.214. The van der Waals surface area contributed by atoms with Gasteiger partial charge in [-0.05, 0) is 12.1 Å². The summed E-state index contributed by atoms with van der Waals surface area (Å²) < 4.78 is 0. The Balaban J connectivity index is 1.85. The molecule has 0 aromatic carbocycles. The fraction of sp³-hybridized carbons (Fsp3) is 0.182. The molecule has 0 aliphatic heterocycles. The van der Waals surface area contributed by atoms with Crippen LogP contribution in [0.2, 0.25) is 0 Å². The van der Waals surface area contributed by atoms with Crippen LogP contribution in [0.5, 0.6) is 0 Å². The van der Waals surface area contributed by atoms with E-state index in [2.05, 4.69) is 15.3 Å². The van der Waals surface area contributed by atoms with Crippen LogP contribution in [0.15, 0.2) is 29.9 Å². The molecule has 0 aliphatic carbocycles. The van der Waals surface area contributed by atoms with Crippen molar-refractivity contribution in [2.75, 3.05) is 12.3 Å². The Hall–Kier alpha value is -1.95. The van der Waals surface area contributed by atoms with Gasteiger partial charge in [0.15, 0.2) is 0 Å². The first-order chi connectivity index (χ1) is 8.25. The Labute approximate surface area is 103 Å². The summed E-state index contributed by atoms with van der Waals surface area (Å²) in [7, 11) is 0. The van der Waals surface area contributed by atoms with Gasteiger partial charge in [-0.15, -0.1) is 11.3 Å². The predicted molar refractivity (Wildman–Crippen MR) is 66.8 cm³/mol. The highest BCUT2D eigenvalue weighted by Crippen LogP contribution is 2.05. The monoisotopic (exact) mass is 248 g/mol. The zero-order valence-corrected chi connectivity index (χ0v) is 9.91. The van der Waals surface area contributed by atoms with Crippen molar-refractivity contribution in [1.29, 1.82) is 0 Å². The van der Waals surface area contributed by atoms with Crippen LogP contribution >= 0.6 is 11.3 Å². The van der Waals surface area contributed by atoms with E-state index in [0.29, 0.717) is 17.9 Å². The Morgan fingerprint density at radius 3 is 3.00 bits per heavy atom. The Morgan fingerprint density at radius 1 is 1.41 bits per heavy atom. The Bertz CT molecular complexity index is 498. The standard InChI is InChI=1S/C11H12N4OS/c12-8-1-3-13-9(7-8)11(16)15-4-2-10-14-5-6-17-10/h1,3,5-7H,2,4H2,(H2,12,13)(H,15,16). The maximum Gasteiger partial charge on any atom is 0.269 e. The number of nitrogens with zero attached hydrogens (tertiary/aromatic N) is 2. The number of hydrogen-bond donors (Lipinski definition) is 2. The topological polar surface area (TPSA) is 80.9 Å². The molecule has 0 bridgehead atoms. The number of thiazole rings is 1. The van der Waals surface area contributed by atoms with E-state index in [-0.39, 0.29) is 5.91 Å². The average molecular weight is 248 g/mol. The maximum absolute atomic E-state index is 11.7. The van der Waals surface area contributed by atoms with Crippen LogP contribution in [0.25, 0.3) is 0 Å². The number of hydrogen-bond acceptors (Lipinski definition) is 5. The summed E-state index contributed by atoms with van der Waals surface area (Å²) in [5.41, 5.74) is 6.44. The van der Waals surface area contributed by atoms with E-state index in [4.69, 9.17) is 5.73 Å². The van der Waals surface area contributed by atoms with E-state index >= 15 is 0 Å². The van der Waals surface area contributed by atoms with Crippen LogP contribution in [-0.2, 0) is 6.42 Å². The van der Waals surface area contributed by atoms with Gasteiger partial charge in [-0.25, -0.2) is 4.98 Å². The number of aromatic nitrogens is 2. The van der Waals surface area contributed by atoms with Crippen LogP contribution in [-0.4, -0.2) is 22.4 Å². The number of nitrogens with one attached hydrogen (secondary N) is 1. The molecular weight excluding hydrogens is 236 g/mol. The molecular formula is C11H12N4OS. The predicted octanol–water partition coefficient (Wildman–Crippen LogP) is 1.09. The number of rotatable bonds is 4. The first kappa shape index (κ1) is 11.5. The molecule has 88 valence electrons. The number of carbonyl (C=O) groups is 1. The first-order valence-electron chi connectivity index (χ1n) is 5.14. The second kappa shape index (κ2) is 5.40. The van der Waals surface area contributed by atoms with Gasteiger partial charge < -0.3 is 11.1 Å². The summed E-state index contributed by atoms with van der Waals surface area (Å²) in [4.78, 5) is 19.8. The molecule has 0 aliphatic rings. The number of nitrogen functional groups attached to an aromatic ring is 1. The lowest BCUT2D eigenvalue weighted by atomic mass is 10.3. The van der Waals surface area contributed by atoms with Gasteiger partial charge in [-0.1, -0.05) is 0 Å². The van der Waals surface area contributed by atoms with Gasteiger partial charge in [0.05, 0.1) is 5.01 Å². The number of nitrogens with two attached hydrogens (primary N) is 1. The lowest BCUT2D eigenvalue weighted by Crippen LogP contribution is -2.26. The molecule has 1 amide bonds. The summed E-state index contributed by atoms with van der Waals surface area (Å²) in [6.45, 7) is 0.544. The third-order valence-electron chi connectivity index (χ3n) is 2.12. The van der Waals surface area contributed by atoms with E-state index < -0.39 is 0 Å². The molecule has 2 aromatic heterocycles. The van der Waals surface area contributed by atoms with E-state index in [0.717, 1.165) is 11.4 Å². The zero-order chi connectivity index (χ0) is 12.1. The zero-order valence-electron chi connectivity index (χ0n) is 9.09. The molecule has 0 saturated heterocycles. The third-order valence-corrected chi connectivity index (χ3v) is 2.96. The molecule has 2 heterocycles. The lowest BCUT2D eigenvalue weighted by molar-refractivity contribution is 0.0949. The Morgan fingerprint density at radius 2 is 2.29 bits per heavy atom. The van der Waals surface area contributed by atoms with Crippen molar-refractivity contribution in [3.8, 4) is 0 Å². The van der Waals surface area contributed by atoms with Crippen molar-refractivity contribution >= 4 is 22.9 Å². The highest BCUT2D eigenvalue weighted by molar-refractivity contribution is 7.09. The van der Waals surface area contributed by atoms with E-state index in [1.165, 1.54) is 6.20 Å². The number of anilines is 1. The smallest absolute Gasteiger partial charge is 0.269 e. The minimum Gasteiger partial charge on any atom is -0.399 e. The normalized spacial score (nSPS) is 10.1. The van der Waals surface area contributed by atoms with Crippen LogP contribution in [0, 0.1) is 0 Å². The van der Waals surface area contributed by atoms with Gasteiger partial charge >= 0.3 is 0 Å². The molecule has 2 rings (SSSR count). The number of amides is 1. The quantitative estimate of drug-likeness (QED) is 0.848. The van der Waals surface area contributed by atoms with Crippen molar-refractivity contribution in [1.82, 2.24) is 15.3 Å². The van der Waals surface area contributed by atoms with Gasteiger partial charge in [0.1, 0.15) is 5.69 Å². The molecule has 0 radical (unpaired) electrons. The van der Waals surface area contributed by atoms with Crippen molar-refractivity contribution in [2.24, 2.45) is 0 Å². The molecule has 0 atom stereocenters. The minimum atomic E-state index is -0.214. The van der Waals surface area contributed by atoms with E-state index in [1.54, 1.807) is 29.7 Å². The molecule has 0 spiro atoms. The van der Waals surface area contributed by atoms with E-state index in [9.17, 15) is 4.79 Å². The average Bonchev–Trinajstić information content (AvgIpc) is 2.82. The molecule has 0 unspecified atom stereocenters. The summed E-state index contributed by atoms with van der Waals surface area (Å²) >= 11 is 1.57. The molecule has 6 heteroatoms. The molecule has 0 saturated carbocycles. The second-order valence-corrected chi connectivity index (χ2v) is 4.39. The summed E-state index contributed by atoms with van der Waals surface area (Å²) in [5, 5.41) is 5.69. The molecule has 5 nitrogen and oxygen atoms in total. The largest absolute Gasteiger partial charge is 0.399 e. The van der Waals surface area contributed by atoms with Gasteiger partial charge in [-0.2, -0.15) is 0 Å². The van der Waals surface area contributed by atoms with Gasteiger partial charge in [-0.3, -0.25) is 9.78 Å². The first-order valence-corrected chi connectivity index (χ1v) is 6.02. The summed E-state index contributed by atoms with van der Waals surface area (Å²) in [6.07, 6.45) is 4.00. The van der Waals surface area contributed by atoms with Gasteiger partial charge in [0.25, 0.3) is 5.91 Å². The Kier molecular flexibility index (Phi) is 3.66. The van der Waals surface area contributed by atoms with Gasteiger partial charge in [0.2, 0.25) is 0 Å². The fourth-order valence-electron chi connectivity index (χ4n) is 1.32. The van der Waals surface area contributed by atoms with Crippen molar-refractivity contribution in [2.45, 2.75) is 6.42 Å². The second-order valence-electron chi connectivity index (χ2n) is 3.41. The van der Waals surface area contributed by atoms with Gasteiger partial charge in [0, 0.05) is 36.4 Å². The minimum absolute atomic E-state index is 0.214. The van der Waals surface area contributed by atoms with Crippen molar-refractivity contribution in [3.05, 3.63) is 40.6 Å². The van der Waals surface area contributed by atoms with Crippen molar-refractivity contribution in [3.63, 3.8) is 0 Å². The number of pyridine rings is 1. The lowest BCUT2D eigenvalue weighted by Gasteiger charge is -2.03. The SMILES string of the molecule is Nc1ccnc(C(=O)NCCc2nccs2)c1.